The Labute approximate surface area is 133 Å². The standard InChI is InChI=1S/C16H21IN2O/c1-4-14(18-5-2)16(20)13-10-19(6-3)15-9-11(17)7-8-12(13)15/h7-10,14,18H,4-6H2,1-3H3. The van der Waals surface area contributed by atoms with Crippen LogP contribution >= 0.6 is 22.6 Å². The summed E-state index contributed by atoms with van der Waals surface area (Å²) in [5.41, 5.74) is 1.99. The number of likely N-dealkylation sites (N-methyl/N-ethyl adjacent to an activating group) is 1. The molecule has 20 heavy (non-hydrogen) atoms. The van der Waals surface area contributed by atoms with Crippen molar-refractivity contribution in [2.24, 2.45) is 0 Å². The highest BCUT2D eigenvalue weighted by Crippen LogP contribution is 2.25. The number of nitrogens with zero attached hydrogens (tertiary/aromatic N) is 1. The third-order valence-electron chi connectivity index (χ3n) is 3.63. The highest BCUT2D eigenvalue weighted by molar-refractivity contribution is 14.1. The first kappa shape index (κ1) is 15.5. The third kappa shape index (κ3) is 2.91. The van der Waals surface area contributed by atoms with E-state index in [0.29, 0.717) is 0 Å². The largest absolute Gasteiger partial charge is 0.347 e. The van der Waals surface area contributed by atoms with Crippen molar-refractivity contribution in [3.8, 4) is 0 Å². The molecule has 1 N–H and O–H groups in total. The molecule has 1 atom stereocenters. The SMILES string of the molecule is CCNC(CC)C(=O)c1cn(CC)c2cc(I)ccc12. The summed E-state index contributed by atoms with van der Waals surface area (Å²) < 4.78 is 3.35. The molecule has 0 saturated heterocycles. The molecule has 1 aromatic heterocycles. The summed E-state index contributed by atoms with van der Waals surface area (Å²) in [4.78, 5) is 12.7. The summed E-state index contributed by atoms with van der Waals surface area (Å²) >= 11 is 2.31. The molecular weight excluding hydrogens is 363 g/mol. The highest BCUT2D eigenvalue weighted by atomic mass is 127. The molecular formula is C16H21IN2O. The van der Waals surface area contributed by atoms with Gasteiger partial charge in [0.25, 0.3) is 0 Å². The maximum absolute atomic E-state index is 12.7. The van der Waals surface area contributed by atoms with Crippen LogP contribution in [0.5, 0.6) is 0 Å². The summed E-state index contributed by atoms with van der Waals surface area (Å²) in [5, 5.41) is 4.34. The number of fused-ring (bicyclic) bond motifs is 1. The first-order chi connectivity index (χ1) is 9.62. The fourth-order valence-corrected chi connectivity index (χ4v) is 3.05. The van der Waals surface area contributed by atoms with Crippen LogP contribution in [0.25, 0.3) is 10.9 Å². The summed E-state index contributed by atoms with van der Waals surface area (Å²) in [6.45, 7) is 7.88. The number of hydrogen-bond donors (Lipinski definition) is 1. The van der Waals surface area contributed by atoms with Gasteiger partial charge in [-0.05, 0) is 54.6 Å². The summed E-state index contributed by atoms with van der Waals surface area (Å²) in [5.74, 6) is 0.202. The number of hydrogen-bond acceptors (Lipinski definition) is 2. The topological polar surface area (TPSA) is 34.0 Å². The number of aromatic nitrogens is 1. The summed E-state index contributed by atoms with van der Waals surface area (Å²) in [7, 11) is 0. The van der Waals surface area contributed by atoms with Crippen LogP contribution in [-0.4, -0.2) is 22.9 Å². The van der Waals surface area contributed by atoms with E-state index in [0.717, 1.165) is 36.0 Å². The molecule has 0 aliphatic rings. The average molecular weight is 384 g/mol. The zero-order valence-corrected chi connectivity index (χ0v) is 14.4. The fourth-order valence-electron chi connectivity index (χ4n) is 2.58. The second-order valence-corrected chi connectivity index (χ2v) is 6.12. The minimum atomic E-state index is -0.0878. The van der Waals surface area contributed by atoms with Gasteiger partial charge in [-0.2, -0.15) is 0 Å². The van der Waals surface area contributed by atoms with E-state index in [1.807, 2.05) is 20.0 Å². The molecule has 1 heterocycles. The number of ketones is 1. The van der Waals surface area contributed by atoms with Crippen molar-refractivity contribution in [2.45, 2.75) is 39.8 Å². The molecule has 0 amide bonds. The molecule has 4 heteroatoms. The molecule has 0 aliphatic heterocycles. The highest BCUT2D eigenvalue weighted by Gasteiger charge is 2.21. The van der Waals surface area contributed by atoms with E-state index >= 15 is 0 Å². The van der Waals surface area contributed by atoms with Gasteiger partial charge in [-0.1, -0.05) is 19.9 Å². The molecule has 0 spiro atoms. The maximum Gasteiger partial charge on any atom is 0.181 e. The molecule has 0 saturated carbocycles. The van der Waals surface area contributed by atoms with Crippen LogP contribution in [0, 0.1) is 3.57 Å². The Morgan fingerprint density at radius 2 is 2.10 bits per heavy atom. The lowest BCUT2D eigenvalue weighted by Crippen LogP contribution is -2.35. The quantitative estimate of drug-likeness (QED) is 0.607. The summed E-state index contributed by atoms with van der Waals surface area (Å²) in [6, 6.07) is 6.18. The number of aryl methyl sites for hydroxylation is 1. The number of rotatable bonds is 6. The van der Waals surface area contributed by atoms with Crippen molar-refractivity contribution in [3.05, 3.63) is 33.5 Å². The first-order valence-electron chi connectivity index (χ1n) is 7.18. The first-order valence-corrected chi connectivity index (χ1v) is 8.26. The normalized spacial score (nSPS) is 12.8. The zero-order valence-electron chi connectivity index (χ0n) is 12.2. The van der Waals surface area contributed by atoms with Gasteiger partial charge in [-0.15, -0.1) is 0 Å². The Kier molecular flexibility index (Phi) is 5.21. The Balaban J connectivity index is 2.51. The lowest BCUT2D eigenvalue weighted by atomic mass is 10.0. The number of benzene rings is 1. The van der Waals surface area contributed by atoms with Gasteiger partial charge in [0.15, 0.2) is 5.78 Å². The van der Waals surface area contributed by atoms with Gasteiger partial charge in [0.05, 0.1) is 6.04 Å². The zero-order chi connectivity index (χ0) is 14.7. The third-order valence-corrected chi connectivity index (χ3v) is 4.30. The van der Waals surface area contributed by atoms with E-state index in [1.165, 1.54) is 3.57 Å². The molecule has 2 aromatic rings. The van der Waals surface area contributed by atoms with Crippen molar-refractivity contribution in [3.63, 3.8) is 0 Å². The lowest BCUT2D eigenvalue weighted by Gasteiger charge is -2.13. The predicted molar refractivity (Wildman–Crippen MR) is 92.4 cm³/mol. The van der Waals surface area contributed by atoms with Crippen molar-refractivity contribution in [2.75, 3.05) is 6.54 Å². The number of carbonyl (C=O) groups excluding carboxylic acids is 1. The van der Waals surface area contributed by atoms with E-state index < -0.39 is 0 Å². The van der Waals surface area contributed by atoms with Gasteiger partial charge in [0, 0.05) is 32.8 Å². The van der Waals surface area contributed by atoms with Crippen molar-refractivity contribution in [1.82, 2.24) is 9.88 Å². The van der Waals surface area contributed by atoms with Gasteiger partial charge in [-0.3, -0.25) is 4.79 Å². The van der Waals surface area contributed by atoms with Gasteiger partial charge >= 0.3 is 0 Å². The van der Waals surface area contributed by atoms with E-state index in [-0.39, 0.29) is 11.8 Å². The van der Waals surface area contributed by atoms with E-state index in [2.05, 4.69) is 57.6 Å². The Bertz CT molecular complexity index is 618. The number of nitrogens with one attached hydrogen (secondary N) is 1. The van der Waals surface area contributed by atoms with Crippen LogP contribution < -0.4 is 5.32 Å². The molecule has 1 aromatic carbocycles. The van der Waals surface area contributed by atoms with Crippen LogP contribution in [-0.2, 0) is 6.54 Å². The van der Waals surface area contributed by atoms with Crippen LogP contribution in [0.1, 0.15) is 37.6 Å². The van der Waals surface area contributed by atoms with Crippen LogP contribution in [0.2, 0.25) is 0 Å². The fraction of sp³-hybridized carbons (Fsp3) is 0.438. The predicted octanol–water partition coefficient (Wildman–Crippen LogP) is 3.84. The molecule has 0 radical (unpaired) electrons. The van der Waals surface area contributed by atoms with Crippen LogP contribution in [0.4, 0.5) is 0 Å². The van der Waals surface area contributed by atoms with Crippen molar-refractivity contribution < 1.29 is 4.79 Å². The second kappa shape index (κ2) is 6.72. The minimum Gasteiger partial charge on any atom is -0.347 e. The van der Waals surface area contributed by atoms with E-state index in [4.69, 9.17) is 0 Å². The lowest BCUT2D eigenvalue weighted by molar-refractivity contribution is 0.0943. The van der Waals surface area contributed by atoms with Crippen molar-refractivity contribution in [1.29, 1.82) is 0 Å². The molecule has 1 unspecified atom stereocenters. The number of carbonyl (C=O) groups is 1. The molecule has 108 valence electrons. The molecule has 0 aliphatic carbocycles. The molecule has 3 nitrogen and oxygen atoms in total. The Hall–Kier alpha value is -0.880. The second-order valence-electron chi connectivity index (χ2n) is 4.87. The molecule has 0 fully saturated rings. The Morgan fingerprint density at radius 1 is 1.35 bits per heavy atom. The van der Waals surface area contributed by atoms with Crippen molar-refractivity contribution >= 4 is 39.3 Å². The molecule has 0 bridgehead atoms. The Morgan fingerprint density at radius 3 is 2.70 bits per heavy atom. The monoisotopic (exact) mass is 384 g/mol. The minimum absolute atomic E-state index is 0.0878. The number of halogens is 1. The summed E-state index contributed by atoms with van der Waals surface area (Å²) in [6.07, 6.45) is 2.82. The number of Topliss-reactive ketones (excluding diaryl/α,β-unsaturated/α-hetero) is 1. The van der Waals surface area contributed by atoms with Crippen LogP contribution in [0.3, 0.4) is 0 Å². The maximum atomic E-state index is 12.7. The molecule has 2 rings (SSSR count). The smallest absolute Gasteiger partial charge is 0.181 e. The van der Waals surface area contributed by atoms with Gasteiger partial charge < -0.3 is 9.88 Å². The average Bonchev–Trinajstić information content (AvgIpc) is 2.81. The van der Waals surface area contributed by atoms with Gasteiger partial charge in [0.1, 0.15) is 0 Å². The van der Waals surface area contributed by atoms with Gasteiger partial charge in [-0.25, -0.2) is 0 Å². The van der Waals surface area contributed by atoms with Gasteiger partial charge in [0.2, 0.25) is 0 Å². The van der Waals surface area contributed by atoms with E-state index in [1.54, 1.807) is 0 Å². The van der Waals surface area contributed by atoms with E-state index in [9.17, 15) is 4.79 Å². The van der Waals surface area contributed by atoms with Crippen LogP contribution in [0.15, 0.2) is 24.4 Å².